The third kappa shape index (κ3) is 7.45. The zero-order valence-electron chi connectivity index (χ0n) is 21.2. The van der Waals surface area contributed by atoms with Crippen molar-refractivity contribution in [3.63, 3.8) is 0 Å². The van der Waals surface area contributed by atoms with Crippen molar-refractivity contribution >= 4 is 36.6 Å². The van der Waals surface area contributed by atoms with Crippen molar-refractivity contribution < 1.29 is 9.59 Å². The number of nitrogens with one attached hydrogen (secondary N) is 1. The second-order valence-electron chi connectivity index (χ2n) is 10.2. The van der Waals surface area contributed by atoms with Gasteiger partial charge in [0.05, 0.1) is 6.04 Å². The molecule has 0 aromatic heterocycles. The smallest absolute Gasteiger partial charge is 0.245 e. The summed E-state index contributed by atoms with van der Waals surface area (Å²) in [5.41, 5.74) is 8.52. The monoisotopic (exact) mass is 534 g/mol. The van der Waals surface area contributed by atoms with Crippen LogP contribution in [0.5, 0.6) is 0 Å². The van der Waals surface area contributed by atoms with Crippen molar-refractivity contribution in [2.24, 2.45) is 17.6 Å². The number of fused-ring (bicyclic) bond motifs is 1. The minimum Gasteiger partial charge on any atom is -0.343 e. The van der Waals surface area contributed by atoms with Crippen molar-refractivity contribution in [2.75, 3.05) is 19.6 Å². The molecule has 4 atom stereocenters. The van der Waals surface area contributed by atoms with Gasteiger partial charge in [-0.3, -0.25) is 14.5 Å². The van der Waals surface area contributed by atoms with Crippen molar-refractivity contribution in [1.82, 2.24) is 15.1 Å². The van der Waals surface area contributed by atoms with E-state index in [1.807, 2.05) is 55.1 Å². The normalized spacial score (nSPS) is 21.1. The molecule has 0 spiro atoms. The second-order valence-corrected chi connectivity index (χ2v) is 10.2. The van der Waals surface area contributed by atoms with E-state index in [1.165, 1.54) is 5.56 Å². The molecule has 36 heavy (non-hydrogen) atoms. The minimum absolute atomic E-state index is 0. The molecule has 2 fully saturated rings. The second kappa shape index (κ2) is 14.0. The maximum absolute atomic E-state index is 13.7. The lowest BCUT2D eigenvalue weighted by atomic mass is 9.91. The first-order valence-corrected chi connectivity index (χ1v) is 12.6. The molecule has 0 radical (unpaired) electrons. The highest BCUT2D eigenvalue weighted by atomic mass is 35.5. The lowest BCUT2D eigenvalue weighted by Gasteiger charge is -2.40. The Hall–Kier alpha value is -2.12. The molecule has 8 heteroatoms. The summed E-state index contributed by atoms with van der Waals surface area (Å²) in [7, 11) is 0. The van der Waals surface area contributed by atoms with Crippen LogP contribution in [0.15, 0.2) is 60.7 Å². The van der Waals surface area contributed by atoms with Gasteiger partial charge in [-0.1, -0.05) is 74.5 Å². The number of likely N-dealkylation sites (tertiary alicyclic amines) is 2. The van der Waals surface area contributed by atoms with E-state index in [0.717, 1.165) is 44.6 Å². The standard InChI is InChI=1S/C28H38N4O2.2ClH/c1-20(2)26(30-27(33)24(29)17-21-9-5-3-6-10-21)28(34)32-16-14-23-13-15-31(19-25(23)32)18-22-11-7-4-8-12-22;;/h3-12,20,23-26H,13-19,29H2,1-2H3,(H,30,33);2*1H/t23?,24-,25?,26-;;/m0../s1. The maximum Gasteiger partial charge on any atom is 0.245 e. The molecule has 2 aliphatic rings. The van der Waals surface area contributed by atoms with E-state index in [1.54, 1.807) is 0 Å². The lowest BCUT2D eigenvalue weighted by Crippen LogP contribution is -2.58. The summed E-state index contributed by atoms with van der Waals surface area (Å²) in [6.07, 6.45) is 2.61. The van der Waals surface area contributed by atoms with Crippen LogP contribution in [0.25, 0.3) is 0 Å². The molecule has 2 heterocycles. The van der Waals surface area contributed by atoms with Gasteiger partial charge in [0.2, 0.25) is 11.8 Å². The molecule has 3 N–H and O–H groups in total. The summed E-state index contributed by atoms with van der Waals surface area (Å²) in [5.74, 6) is 0.300. The summed E-state index contributed by atoms with van der Waals surface area (Å²) < 4.78 is 0. The van der Waals surface area contributed by atoms with Crippen molar-refractivity contribution in [2.45, 2.75) is 57.8 Å². The van der Waals surface area contributed by atoms with Crippen molar-refractivity contribution in [3.05, 3.63) is 71.8 Å². The Balaban J connectivity index is 0.00000228. The Morgan fingerprint density at radius 3 is 2.14 bits per heavy atom. The van der Waals surface area contributed by atoms with E-state index < -0.39 is 12.1 Å². The molecule has 2 unspecified atom stereocenters. The number of carbonyl (C=O) groups is 2. The molecule has 198 valence electrons. The van der Waals surface area contributed by atoms with Gasteiger partial charge in [-0.2, -0.15) is 0 Å². The van der Waals surface area contributed by atoms with E-state index in [0.29, 0.717) is 12.3 Å². The van der Waals surface area contributed by atoms with Crippen LogP contribution in [0.2, 0.25) is 0 Å². The van der Waals surface area contributed by atoms with Gasteiger partial charge in [0.1, 0.15) is 6.04 Å². The van der Waals surface area contributed by atoms with Crippen LogP contribution in [-0.4, -0.2) is 59.4 Å². The molecule has 0 bridgehead atoms. The Labute approximate surface area is 227 Å². The first-order valence-electron chi connectivity index (χ1n) is 12.6. The fourth-order valence-corrected chi connectivity index (χ4v) is 5.38. The molecule has 2 amide bonds. The van der Waals surface area contributed by atoms with Gasteiger partial charge in [-0.15, -0.1) is 24.8 Å². The topological polar surface area (TPSA) is 78.7 Å². The van der Waals surface area contributed by atoms with E-state index in [9.17, 15) is 9.59 Å². The predicted octanol–water partition coefficient (Wildman–Crippen LogP) is 3.66. The molecule has 2 saturated heterocycles. The molecule has 2 aliphatic heterocycles. The molecule has 6 nitrogen and oxygen atoms in total. The number of nitrogens with two attached hydrogens (primary N) is 1. The number of benzene rings is 2. The van der Waals surface area contributed by atoms with Crippen LogP contribution in [0.4, 0.5) is 0 Å². The van der Waals surface area contributed by atoms with E-state index in [2.05, 4.69) is 34.5 Å². The first-order chi connectivity index (χ1) is 16.4. The molecular formula is C28H40Cl2N4O2. The quantitative estimate of drug-likeness (QED) is 0.541. The number of carbonyl (C=O) groups excluding carboxylic acids is 2. The van der Waals surface area contributed by atoms with Gasteiger partial charge in [0.25, 0.3) is 0 Å². The highest BCUT2D eigenvalue weighted by Crippen LogP contribution is 2.33. The van der Waals surface area contributed by atoms with Crippen LogP contribution in [0.1, 0.15) is 37.8 Å². The van der Waals surface area contributed by atoms with Gasteiger partial charge in [0, 0.05) is 25.7 Å². The number of hydrogen-bond acceptors (Lipinski definition) is 4. The fourth-order valence-electron chi connectivity index (χ4n) is 5.38. The maximum atomic E-state index is 13.7. The highest BCUT2D eigenvalue weighted by molar-refractivity contribution is 5.90. The number of rotatable bonds is 8. The van der Waals surface area contributed by atoms with Gasteiger partial charge >= 0.3 is 0 Å². The van der Waals surface area contributed by atoms with Crippen LogP contribution in [0.3, 0.4) is 0 Å². The summed E-state index contributed by atoms with van der Waals surface area (Å²) >= 11 is 0. The van der Waals surface area contributed by atoms with Crippen LogP contribution < -0.4 is 11.1 Å². The Morgan fingerprint density at radius 1 is 0.944 bits per heavy atom. The number of halogens is 2. The van der Waals surface area contributed by atoms with Crippen LogP contribution in [0, 0.1) is 11.8 Å². The van der Waals surface area contributed by atoms with Crippen molar-refractivity contribution in [1.29, 1.82) is 0 Å². The Morgan fingerprint density at radius 2 is 1.53 bits per heavy atom. The van der Waals surface area contributed by atoms with Gasteiger partial charge in [0.15, 0.2) is 0 Å². The van der Waals surface area contributed by atoms with Gasteiger partial charge < -0.3 is 16.0 Å². The summed E-state index contributed by atoms with van der Waals surface area (Å²) in [6, 6.07) is 19.2. The minimum atomic E-state index is -0.682. The molecule has 2 aromatic carbocycles. The molecular weight excluding hydrogens is 495 g/mol. The van der Waals surface area contributed by atoms with Crippen LogP contribution >= 0.6 is 24.8 Å². The molecule has 0 aliphatic carbocycles. The SMILES string of the molecule is CC(C)[C@H](NC(=O)[C@@H](N)Cc1ccccc1)C(=O)N1CCC2CCN(Cc3ccccc3)CC21.Cl.Cl. The Kier molecular flexibility index (Phi) is 11.7. The lowest BCUT2D eigenvalue weighted by molar-refractivity contribution is -0.139. The third-order valence-corrected chi connectivity index (χ3v) is 7.34. The number of amides is 2. The fraction of sp³-hybridized carbons (Fsp3) is 0.500. The average molecular weight is 536 g/mol. The van der Waals surface area contributed by atoms with E-state index >= 15 is 0 Å². The largest absolute Gasteiger partial charge is 0.343 e. The van der Waals surface area contributed by atoms with Crippen molar-refractivity contribution in [3.8, 4) is 0 Å². The number of nitrogens with zero attached hydrogens (tertiary/aromatic N) is 2. The first kappa shape index (κ1) is 30.1. The summed E-state index contributed by atoms with van der Waals surface area (Å²) in [6.45, 7) is 7.60. The van der Waals surface area contributed by atoms with E-state index in [4.69, 9.17) is 5.73 Å². The van der Waals surface area contributed by atoms with E-state index in [-0.39, 0.29) is 48.6 Å². The number of hydrogen-bond donors (Lipinski definition) is 2. The highest BCUT2D eigenvalue weighted by Gasteiger charge is 2.43. The average Bonchev–Trinajstić information content (AvgIpc) is 3.26. The van der Waals surface area contributed by atoms with Crippen LogP contribution in [-0.2, 0) is 22.6 Å². The number of piperidine rings is 1. The van der Waals surface area contributed by atoms with Gasteiger partial charge in [-0.05, 0) is 48.8 Å². The predicted molar refractivity (Wildman–Crippen MR) is 149 cm³/mol. The summed E-state index contributed by atoms with van der Waals surface area (Å²) in [5, 5.41) is 2.99. The molecule has 0 saturated carbocycles. The third-order valence-electron chi connectivity index (χ3n) is 7.34. The Bertz CT molecular complexity index is 961. The molecule has 4 rings (SSSR count). The zero-order valence-corrected chi connectivity index (χ0v) is 22.8. The van der Waals surface area contributed by atoms with Gasteiger partial charge in [-0.25, -0.2) is 0 Å². The molecule has 2 aromatic rings. The zero-order chi connectivity index (χ0) is 24.1. The summed E-state index contributed by atoms with van der Waals surface area (Å²) in [4.78, 5) is 31.1.